The topological polar surface area (TPSA) is 66.6 Å². The second-order valence-electron chi connectivity index (χ2n) is 5.35. The van der Waals surface area contributed by atoms with Crippen LogP contribution in [0.3, 0.4) is 0 Å². The van der Waals surface area contributed by atoms with E-state index in [1.54, 1.807) is 6.20 Å². The fourth-order valence-electron chi connectivity index (χ4n) is 3.53. The van der Waals surface area contributed by atoms with Gasteiger partial charge < -0.3 is 9.63 Å². The Kier molecular flexibility index (Phi) is 3.07. The Hall–Kier alpha value is -1.36. The molecule has 0 unspecified atom stereocenters. The SMILES string of the molecule is O=C(O)[C@@H]1C[C@H]2CCCC[C@@H]2N1Cc1ccno1. The third kappa shape index (κ3) is 2.03. The van der Waals surface area contributed by atoms with E-state index in [1.165, 1.54) is 19.3 Å². The normalized spacial score (nSPS) is 32.3. The summed E-state index contributed by atoms with van der Waals surface area (Å²) in [6, 6.07) is 1.86. The number of aliphatic carboxylic acids is 1. The lowest BCUT2D eigenvalue weighted by Gasteiger charge is -2.32. The van der Waals surface area contributed by atoms with Gasteiger partial charge in [0.05, 0.1) is 12.7 Å². The average molecular weight is 250 g/mol. The zero-order valence-corrected chi connectivity index (χ0v) is 10.3. The van der Waals surface area contributed by atoms with E-state index in [1.807, 2.05) is 6.07 Å². The molecule has 3 atom stereocenters. The minimum absolute atomic E-state index is 0.358. The predicted molar refractivity (Wildman–Crippen MR) is 63.8 cm³/mol. The summed E-state index contributed by atoms with van der Waals surface area (Å²) in [6.45, 7) is 0.568. The third-order valence-corrected chi connectivity index (χ3v) is 4.34. The fourth-order valence-corrected chi connectivity index (χ4v) is 3.53. The number of aromatic nitrogens is 1. The van der Waals surface area contributed by atoms with Gasteiger partial charge in [0.15, 0.2) is 5.76 Å². The third-order valence-electron chi connectivity index (χ3n) is 4.34. The first kappa shape index (κ1) is 11.7. The summed E-state index contributed by atoms with van der Waals surface area (Å²) in [7, 11) is 0. The molecule has 98 valence electrons. The van der Waals surface area contributed by atoms with Gasteiger partial charge in [-0.2, -0.15) is 0 Å². The molecule has 5 nitrogen and oxygen atoms in total. The van der Waals surface area contributed by atoms with E-state index in [2.05, 4.69) is 10.1 Å². The lowest BCUT2D eigenvalue weighted by Crippen LogP contribution is -2.41. The highest BCUT2D eigenvalue weighted by molar-refractivity contribution is 5.74. The first-order valence-corrected chi connectivity index (χ1v) is 6.64. The second-order valence-corrected chi connectivity index (χ2v) is 5.35. The van der Waals surface area contributed by atoms with E-state index in [0.29, 0.717) is 18.5 Å². The smallest absolute Gasteiger partial charge is 0.320 e. The molecule has 1 aromatic rings. The quantitative estimate of drug-likeness (QED) is 0.887. The summed E-state index contributed by atoms with van der Waals surface area (Å²) in [5.41, 5.74) is 0. The maximum absolute atomic E-state index is 11.4. The van der Waals surface area contributed by atoms with E-state index in [4.69, 9.17) is 4.52 Å². The standard InChI is InChI=1S/C13H18N2O3/c16-13(17)12-7-9-3-1-2-4-11(9)15(12)8-10-5-6-14-18-10/h5-6,9,11-12H,1-4,7-8H2,(H,16,17)/t9-,11+,12+/m1/s1. The molecule has 1 N–H and O–H groups in total. The molecule has 18 heavy (non-hydrogen) atoms. The highest BCUT2D eigenvalue weighted by atomic mass is 16.5. The number of hydrogen-bond donors (Lipinski definition) is 1. The average Bonchev–Trinajstić information content (AvgIpc) is 2.98. The molecule has 0 spiro atoms. The first-order chi connectivity index (χ1) is 8.75. The second kappa shape index (κ2) is 4.72. The Labute approximate surface area is 106 Å². The highest BCUT2D eigenvalue weighted by Gasteiger charge is 2.45. The molecular weight excluding hydrogens is 232 g/mol. The van der Waals surface area contributed by atoms with E-state index in [9.17, 15) is 9.90 Å². The van der Waals surface area contributed by atoms with Crippen LogP contribution in [0.1, 0.15) is 37.9 Å². The Bertz CT molecular complexity index is 418. The fraction of sp³-hybridized carbons (Fsp3) is 0.692. The molecule has 2 aliphatic rings. The Morgan fingerprint density at radius 2 is 2.33 bits per heavy atom. The molecule has 3 rings (SSSR count). The summed E-state index contributed by atoms with van der Waals surface area (Å²) in [4.78, 5) is 13.5. The molecule has 0 radical (unpaired) electrons. The zero-order valence-electron chi connectivity index (χ0n) is 10.3. The summed E-state index contributed by atoms with van der Waals surface area (Å²) in [5.74, 6) is 0.596. The van der Waals surface area contributed by atoms with Crippen LogP contribution in [-0.4, -0.2) is 33.2 Å². The molecule has 0 bridgehead atoms. The summed E-state index contributed by atoms with van der Waals surface area (Å²) in [5, 5.41) is 13.1. The maximum atomic E-state index is 11.4. The van der Waals surface area contributed by atoms with Gasteiger partial charge in [-0.15, -0.1) is 0 Å². The molecule has 1 aromatic heterocycles. The van der Waals surface area contributed by atoms with Crippen molar-refractivity contribution in [3.63, 3.8) is 0 Å². The first-order valence-electron chi connectivity index (χ1n) is 6.64. The van der Waals surface area contributed by atoms with Crippen molar-refractivity contribution >= 4 is 5.97 Å². The Morgan fingerprint density at radius 1 is 1.50 bits per heavy atom. The molecule has 2 heterocycles. The van der Waals surface area contributed by atoms with E-state index in [-0.39, 0.29) is 6.04 Å². The van der Waals surface area contributed by atoms with Gasteiger partial charge in [-0.05, 0) is 25.2 Å². The number of likely N-dealkylation sites (tertiary alicyclic amines) is 1. The van der Waals surface area contributed by atoms with Gasteiger partial charge in [-0.1, -0.05) is 18.0 Å². The van der Waals surface area contributed by atoms with E-state index in [0.717, 1.165) is 18.6 Å². The Balaban J connectivity index is 1.80. The number of hydrogen-bond acceptors (Lipinski definition) is 4. The van der Waals surface area contributed by atoms with Crippen LogP contribution in [0.5, 0.6) is 0 Å². The predicted octanol–water partition coefficient (Wildman–Crippen LogP) is 1.89. The molecule has 2 fully saturated rings. The van der Waals surface area contributed by atoms with Crippen LogP contribution >= 0.6 is 0 Å². The van der Waals surface area contributed by atoms with Gasteiger partial charge in [-0.3, -0.25) is 9.69 Å². The molecule has 0 amide bonds. The largest absolute Gasteiger partial charge is 0.480 e. The van der Waals surface area contributed by atoms with E-state index >= 15 is 0 Å². The van der Waals surface area contributed by atoms with Gasteiger partial charge >= 0.3 is 5.97 Å². The summed E-state index contributed by atoms with van der Waals surface area (Å²) < 4.78 is 5.12. The lowest BCUT2D eigenvalue weighted by atomic mass is 9.85. The van der Waals surface area contributed by atoms with Crippen molar-refractivity contribution in [2.45, 2.75) is 50.7 Å². The van der Waals surface area contributed by atoms with Crippen molar-refractivity contribution in [1.82, 2.24) is 10.1 Å². The highest BCUT2D eigenvalue weighted by Crippen LogP contribution is 2.40. The van der Waals surface area contributed by atoms with Crippen molar-refractivity contribution in [3.8, 4) is 0 Å². The van der Waals surface area contributed by atoms with Crippen LogP contribution in [0, 0.1) is 5.92 Å². The minimum Gasteiger partial charge on any atom is -0.480 e. The molecule has 1 saturated carbocycles. The summed E-state index contributed by atoms with van der Waals surface area (Å²) >= 11 is 0. The van der Waals surface area contributed by atoms with Crippen LogP contribution in [0.15, 0.2) is 16.8 Å². The van der Waals surface area contributed by atoms with Crippen LogP contribution in [-0.2, 0) is 11.3 Å². The number of nitrogens with zero attached hydrogens (tertiary/aromatic N) is 2. The maximum Gasteiger partial charge on any atom is 0.320 e. The van der Waals surface area contributed by atoms with Crippen molar-refractivity contribution in [1.29, 1.82) is 0 Å². The van der Waals surface area contributed by atoms with Crippen molar-refractivity contribution in [2.24, 2.45) is 5.92 Å². The number of carboxylic acids is 1. The van der Waals surface area contributed by atoms with Gasteiger partial charge in [0.25, 0.3) is 0 Å². The number of fused-ring (bicyclic) bond motifs is 1. The van der Waals surface area contributed by atoms with Crippen LogP contribution in [0.25, 0.3) is 0 Å². The van der Waals surface area contributed by atoms with Gasteiger partial charge in [0, 0.05) is 12.1 Å². The minimum atomic E-state index is -0.705. The molecule has 1 aliphatic heterocycles. The Morgan fingerprint density at radius 3 is 3.06 bits per heavy atom. The molecule has 0 aromatic carbocycles. The number of carboxylic acid groups (broad SMARTS) is 1. The van der Waals surface area contributed by atoms with Crippen molar-refractivity contribution < 1.29 is 14.4 Å². The van der Waals surface area contributed by atoms with Crippen LogP contribution < -0.4 is 0 Å². The lowest BCUT2D eigenvalue weighted by molar-refractivity contribution is -0.143. The molecule has 1 aliphatic carbocycles. The van der Waals surface area contributed by atoms with Crippen LogP contribution in [0.4, 0.5) is 0 Å². The summed E-state index contributed by atoms with van der Waals surface area (Å²) in [6.07, 6.45) is 7.13. The van der Waals surface area contributed by atoms with Crippen molar-refractivity contribution in [2.75, 3.05) is 0 Å². The molecule has 5 heteroatoms. The molecule has 1 saturated heterocycles. The zero-order chi connectivity index (χ0) is 12.5. The van der Waals surface area contributed by atoms with Gasteiger partial charge in [0.2, 0.25) is 0 Å². The monoisotopic (exact) mass is 250 g/mol. The number of rotatable bonds is 3. The van der Waals surface area contributed by atoms with Gasteiger partial charge in [-0.25, -0.2) is 0 Å². The number of carbonyl (C=O) groups is 1. The van der Waals surface area contributed by atoms with E-state index < -0.39 is 5.97 Å². The van der Waals surface area contributed by atoms with Crippen molar-refractivity contribution in [3.05, 3.63) is 18.0 Å². The van der Waals surface area contributed by atoms with Crippen LogP contribution in [0.2, 0.25) is 0 Å². The van der Waals surface area contributed by atoms with Gasteiger partial charge in [0.1, 0.15) is 6.04 Å². The molecular formula is C13H18N2O3.